The summed E-state index contributed by atoms with van der Waals surface area (Å²) < 4.78 is 10.9. The molecule has 0 aromatic carbocycles. The van der Waals surface area contributed by atoms with Gasteiger partial charge in [-0.3, -0.25) is 0 Å². The van der Waals surface area contributed by atoms with Gasteiger partial charge in [0.2, 0.25) is 0 Å². The van der Waals surface area contributed by atoms with Gasteiger partial charge in [0, 0.05) is 32.3 Å². The molecule has 0 bridgehead atoms. The zero-order chi connectivity index (χ0) is 12.8. The smallest absolute Gasteiger partial charge is 0.317 e. The molecular formula is C13H24N2O3. The second-order valence-electron chi connectivity index (χ2n) is 5.06. The molecule has 0 saturated carbocycles. The molecule has 18 heavy (non-hydrogen) atoms. The van der Waals surface area contributed by atoms with Crippen molar-refractivity contribution < 1.29 is 14.3 Å². The summed E-state index contributed by atoms with van der Waals surface area (Å²) in [6, 6.07) is 0.338. The van der Waals surface area contributed by atoms with Crippen LogP contribution in [0, 0.1) is 0 Å². The average Bonchev–Trinajstić information content (AvgIpc) is 2.40. The highest BCUT2D eigenvalue weighted by Gasteiger charge is 2.25. The summed E-state index contributed by atoms with van der Waals surface area (Å²) in [4.78, 5) is 14.0. The van der Waals surface area contributed by atoms with Crippen LogP contribution in [-0.2, 0) is 9.47 Å². The van der Waals surface area contributed by atoms with Crippen molar-refractivity contribution >= 4 is 6.03 Å². The van der Waals surface area contributed by atoms with Crippen LogP contribution in [0.15, 0.2) is 0 Å². The minimum absolute atomic E-state index is 0.0614. The minimum atomic E-state index is 0.0614. The Bertz CT molecular complexity index is 265. The lowest BCUT2D eigenvalue weighted by atomic mass is 10.1. The fourth-order valence-electron chi connectivity index (χ4n) is 2.51. The molecule has 1 atom stereocenters. The lowest BCUT2D eigenvalue weighted by Gasteiger charge is -2.34. The van der Waals surface area contributed by atoms with Gasteiger partial charge in [-0.2, -0.15) is 0 Å². The Labute approximate surface area is 109 Å². The molecule has 0 aliphatic carbocycles. The van der Waals surface area contributed by atoms with Gasteiger partial charge in [-0.05, 0) is 19.3 Å². The number of urea groups is 1. The zero-order valence-electron chi connectivity index (χ0n) is 11.2. The van der Waals surface area contributed by atoms with Crippen LogP contribution in [-0.4, -0.2) is 56.0 Å². The van der Waals surface area contributed by atoms with Gasteiger partial charge in [0.15, 0.2) is 0 Å². The van der Waals surface area contributed by atoms with Gasteiger partial charge in [0.1, 0.15) is 0 Å². The normalized spacial score (nSPS) is 26.1. The Hall–Kier alpha value is -0.810. The molecular weight excluding hydrogens is 232 g/mol. The Kier molecular flexibility index (Phi) is 5.26. The van der Waals surface area contributed by atoms with Crippen LogP contribution in [0.2, 0.25) is 0 Å². The molecule has 2 heterocycles. The van der Waals surface area contributed by atoms with Gasteiger partial charge in [0.25, 0.3) is 0 Å². The summed E-state index contributed by atoms with van der Waals surface area (Å²) in [5, 5.41) is 3.10. The first-order valence-electron chi connectivity index (χ1n) is 7.04. The number of morpholine rings is 1. The van der Waals surface area contributed by atoms with E-state index >= 15 is 0 Å². The fraction of sp³-hybridized carbons (Fsp3) is 0.923. The van der Waals surface area contributed by atoms with E-state index in [1.54, 1.807) is 0 Å². The van der Waals surface area contributed by atoms with Crippen molar-refractivity contribution in [1.82, 2.24) is 10.2 Å². The Balaban J connectivity index is 1.76. The number of amides is 2. The lowest BCUT2D eigenvalue weighted by molar-refractivity contribution is -0.0191. The van der Waals surface area contributed by atoms with E-state index in [0.717, 1.165) is 45.4 Å². The van der Waals surface area contributed by atoms with Crippen molar-refractivity contribution in [3.05, 3.63) is 0 Å². The van der Waals surface area contributed by atoms with Crippen molar-refractivity contribution in [3.63, 3.8) is 0 Å². The minimum Gasteiger partial charge on any atom is -0.381 e. The van der Waals surface area contributed by atoms with Gasteiger partial charge in [-0.15, -0.1) is 0 Å². The van der Waals surface area contributed by atoms with Gasteiger partial charge in [-0.1, -0.05) is 13.3 Å². The third-order valence-electron chi connectivity index (χ3n) is 3.59. The maximum absolute atomic E-state index is 12.1. The summed E-state index contributed by atoms with van der Waals surface area (Å²) in [7, 11) is 0. The van der Waals surface area contributed by atoms with Crippen molar-refractivity contribution in [2.45, 2.75) is 44.8 Å². The second kappa shape index (κ2) is 6.95. The predicted octanol–water partition coefficient (Wildman–Crippen LogP) is 1.38. The third-order valence-corrected chi connectivity index (χ3v) is 3.59. The second-order valence-corrected chi connectivity index (χ2v) is 5.06. The van der Waals surface area contributed by atoms with E-state index in [-0.39, 0.29) is 18.2 Å². The molecule has 2 amide bonds. The van der Waals surface area contributed by atoms with Crippen LogP contribution >= 0.6 is 0 Å². The molecule has 5 nitrogen and oxygen atoms in total. The highest BCUT2D eigenvalue weighted by molar-refractivity contribution is 5.74. The Morgan fingerprint density at radius 2 is 2.11 bits per heavy atom. The Morgan fingerprint density at radius 1 is 1.33 bits per heavy atom. The zero-order valence-corrected chi connectivity index (χ0v) is 11.2. The average molecular weight is 256 g/mol. The van der Waals surface area contributed by atoms with E-state index in [1.807, 2.05) is 4.90 Å². The van der Waals surface area contributed by atoms with Crippen LogP contribution in [0.3, 0.4) is 0 Å². The molecule has 104 valence electrons. The van der Waals surface area contributed by atoms with E-state index in [0.29, 0.717) is 13.2 Å². The topological polar surface area (TPSA) is 50.8 Å². The van der Waals surface area contributed by atoms with E-state index in [9.17, 15) is 4.79 Å². The highest BCUT2D eigenvalue weighted by Crippen LogP contribution is 2.12. The van der Waals surface area contributed by atoms with Gasteiger partial charge in [0.05, 0.1) is 12.7 Å². The largest absolute Gasteiger partial charge is 0.381 e. The summed E-state index contributed by atoms with van der Waals surface area (Å²) in [6.07, 6.45) is 4.19. The number of hydrogen-bond acceptors (Lipinski definition) is 3. The first-order chi connectivity index (χ1) is 8.79. The monoisotopic (exact) mass is 256 g/mol. The number of nitrogens with zero attached hydrogens (tertiary/aromatic N) is 1. The van der Waals surface area contributed by atoms with Crippen LogP contribution in [0.25, 0.3) is 0 Å². The number of rotatable bonds is 3. The fourth-order valence-corrected chi connectivity index (χ4v) is 2.51. The molecule has 0 spiro atoms. The number of nitrogens with one attached hydrogen (secondary N) is 1. The molecule has 0 radical (unpaired) electrons. The van der Waals surface area contributed by atoms with Gasteiger partial charge >= 0.3 is 6.03 Å². The van der Waals surface area contributed by atoms with Crippen LogP contribution in [0.5, 0.6) is 0 Å². The van der Waals surface area contributed by atoms with E-state index < -0.39 is 0 Å². The molecule has 2 fully saturated rings. The first kappa shape index (κ1) is 13.6. The maximum atomic E-state index is 12.1. The van der Waals surface area contributed by atoms with Crippen molar-refractivity contribution in [2.24, 2.45) is 0 Å². The van der Waals surface area contributed by atoms with Crippen molar-refractivity contribution in [1.29, 1.82) is 0 Å². The molecule has 2 aliphatic rings. The molecule has 2 aliphatic heterocycles. The number of carbonyl (C=O) groups excluding carboxylic acids is 1. The van der Waals surface area contributed by atoms with Gasteiger partial charge < -0.3 is 19.7 Å². The summed E-state index contributed by atoms with van der Waals surface area (Å²) in [5.41, 5.74) is 0. The standard InChI is InChI=1S/C13H24N2O3/c1-2-3-12-10-15(6-9-18-12)13(16)14-11-4-7-17-8-5-11/h11-12H,2-10H2,1H3,(H,14,16). The molecule has 1 N–H and O–H groups in total. The van der Waals surface area contributed by atoms with E-state index in [4.69, 9.17) is 9.47 Å². The van der Waals surface area contributed by atoms with E-state index in [2.05, 4.69) is 12.2 Å². The van der Waals surface area contributed by atoms with Crippen molar-refractivity contribution in [2.75, 3.05) is 32.9 Å². The lowest BCUT2D eigenvalue weighted by Crippen LogP contribution is -2.52. The van der Waals surface area contributed by atoms with E-state index in [1.165, 1.54) is 0 Å². The number of carbonyl (C=O) groups is 1. The van der Waals surface area contributed by atoms with Crippen LogP contribution < -0.4 is 5.32 Å². The van der Waals surface area contributed by atoms with Crippen LogP contribution in [0.4, 0.5) is 4.79 Å². The quantitative estimate of drug-likeness (QED) is 0.830. The van der Waals surface area contributed by atoms with Crippen LogP contribution in [0.1, 0.15) is 32.6 Å². The molecule has 2 saturated heterocycles. The first-order valence-corrected chi connectivity index (χ1v) is 7.04. The Morgan fingerprint density at radius 3 is 2.83 bits per heavy atom. The molecule has 1 unspecified atom stereocenters. The summed E-state index contributed by atoms with van der Waals surface area (Å²) in [6.45, 7) is 5.74. The third kappa shape index (κ3) is 3.85. The SMILES string of the molecule is CCCC1CN(C(=O)NC2CCOCC2)CCO1. The molecule has 0 aromatic heterocycles. The molecule has 5 heteroatoms. The number of ether oxygens (including phenoxy) is 2. The molecule has 0 aromatic rings. The van der Waals surface area contributed by atoms with Crippen molar-refractivity contribution in [3.8, 4) is 0 Å². The summed E-state index contributed by atoms with van der Waals surface area (Å²) in [5.74, 6) is 0. The molecule has 2 rings (SSSR count). The summed E-state index contributed by atoms with van der Waals surface area (Å²) >= 11 is 0. The predicted molar refractivity (Wildman–Crippen MR) is 68.6 cm³/mol. The van der Waals surface area contributed by atoms with Gasteiger partial charge in [-0.25, -0.2) is 4.79 Å². The highest BCUT2D eigenvalue weighted by atomic mass is 16.5. The maximum Gasteiger partial charge on any atom is 0.317 e. The number of hydrogen-bond donors (Lipinski definition) is 1.